The second-order valence-electron chi connectivity index (χ2n) is 7.20. The summed E-state index contributed by atoms with van der Waals surface area (Å²) in [7, 11) is 3.21. The Morgan fingerprint density at radius 3 is 2.58 bits per heavy atom. The van der Waals surface area contributed by atoms with Crippen molar-refractivity contribution >= 4 is 44.5 Å². The lowest BCUT2D eigenvalue weighted by molar-refractivity contribution is 0.356. The van der Waals surface area contributed by atoms with Gasteiger partial charge in [-0.1, -0.05) is 29.8 Å². The van der Waals surface area contributed by atoms with E-state index in [9.17, 15) is 4.79 Å². The summed E-state index contributed by atoms with van der Waals surface area (Å²) in [5, 5.41) is 5.96. The zero-order valence-corrected chi connectivity index (χ0v) is 20.1. The third kappa shape index (κ3) is 4.01. The summed E-state index contributed by atoms with van der Waals surface area (Å²) < 4.78 is 12.5. The Balaban J connectivity index is 1.51. The summed E-state index contributed by atoms with van der Waals surface area (Å²) in [4.78, 5) is 23.3. The second kappa shape index (κ2) is 8.97. The molecule has 0 bridgehead atoms. The zero-order chi connectivity index (χ0) is 22.9. The van der Waals surface area contributed by atoms with E-state index in [1.807, 2.05) is 53.2 Å². The first-order chi connectivity index (χ1) is 16.1. The normalized spacial score (nSPS) is 11.1. The molecule has 6 nitrogen and oxygen atoms in total. The molecule has 0 unspecified atom stereocenters. The van der Waals surface area contributed by atoms with Crippen molar-refractivity contribution < 1.29 is 9.47 Å². The van der Waals surface area contributed by atoms with Crippen LogP contribution in [0.25, 0.3) is 31.9 Å². The summed E-state index contributed by atoms with van der Waals surface area (Å²) in [5.41, 5.74) is 3.31. The summed E-state index contributed by atoms with van der Waals surface area (Å²) in [6.45, 7) is 0.320. The van der Waals surface area contributed by atoms with Gasteiger partial charge in [-0.25, -0.2) is 9.97 Å². The Labute approximate surface area is 202 Å². The predicted molar refractivity (Wildman–Crippen MR) is 134 cm³/mol. The zero-order valence-electron chi connectivity index (χ0n) is 17.7. The number of hydrogen-bond acceptors (Lipinski definition) is 7. The molecule has 5 rings (SSSR count). The van der Waals surface area contributed by atoms with Crippen molar-refractivity contribution in [3.63, 3.8) is 0 Å². The van der Waals surface area contributed by atoms with Crippen molar-refractivity contribution in [1.29, 1.82) is 0 Å². The molecule has 0 aliphatic heterocycles. The van der Waals surface area contributed by atoms with Crippen LogP contribution in [0.15, 0.2) is 64.3 Å². The Morgan fingerprint density at radius 2 is 1.82 bits per heavy atom. The summed E-state index contributed by atoms with van der Waals surface area (Å²) >= 11 is 8.97. The van der Waals surface area contributed by atoms with Crippen molar-refractivity contribution in [1.82, 2.24) is 14.5 Å². The molecule has 0 saturated carbocycles. The average Bonchev–Trinajstić information content (AvgIpc) is 3.48. The predicted octanol–water partition coefficient (Wildman–Crippen LogP) is 5.97. The number of hydrogen-bond donors (Lipinski definition) is 0. The highest BCUT2D eigenvalue weighted by Crippen LogP contribution is 2.39. The fraction of sp³-hybridized carbons (Fsp3) is 0.125. The van der Waals surface area contributed by atoms with Gasteiger partial charge in [0, 0.05) is 21.3 Å². The van der Waals surface area contributed by atoms with Crippen molar-refractivity contribution in [2.75, 3.05) is 14.2 Å². The molecule has 0 aliphatic rings. The topological polar surface area (TPSA) is 66.2 Å². The highest BCUT2D eigenvalue weighted by Gasteiger charge is 2.17. The molecule has 0 amide bonds. The Bertz CT molecular complexity index is 1510. The SMILES string of the molecule is COc1cccc(-c2nc(Cn3cnc4scc(-c5ccc(Cl)cc5)c4c3=O)cs2)c1OC. The van der Waals surface area contributed by atoms with Gasteiger partial charge >= 0.3 is 0 Å². The number of rotatable bonds is 6. The van der Waals surface area contributed by atoms with Gasteiger partial charge in [0.25, 0.3) is 5.56 Å². The fourth-order valence-electron chi connectivity index (χ4n) is 3.66. The maximum Gasteiger partial charge on any atom is 0.263 e. The number of nitrogens with zero attached hydrogens (tertiary/aromatic N) is 3. The van der Waals surface area contributed by atoms with Gasteiger partial charge in [0.05, 0.1) is 43.7 Å². The van der Waals surface area contributed by atoms with E-state index in [-0.39, 0.29) is 5.56 Å². The number of thiophene rings is 1. The van der Waals surface area contributed by atoms with Gasteiger partial charge in [-0.2, -0.15) is 0 Å². The van der Waals surface area contributed by atoms with E-state index < -0.39 is 0 Å². The number of ether oxygens (including phenoxy) is 2. The van der Waals surface area contributed by atoms with Gasteiger partial charge in [-0.3, -0.25) is 9.36 Å². The third-order valence-corrected chi connectivity index (χ3v) is 7.30. The molecule has 0 saturated heterocycles. The van der Waals surface area contributed by atoms with Crippen LogP contribution in [0.2, 0.25) is 5.02 Å². The lowest BCUT2D eigenvalue weighted by atomic mass is 10.1. The lowest BCUT2D eigenvalue weighted by Gasteiger charge is -2.10. The van der Waals surface area contributed by atoms with Gasteiger partial charge in [0.2, 0.25) is 0 Å². The van der Waals surface area contributed by atoms with Crippen LogP contribution >= 0.6 is 34.3 Å². The van der Waals surface area contributed by atoms with Crippen LogP contribution in [-0.4, -0.2) is 28.8 Å². The first-order valence-corrected chi connectivity index (χ1v) is 12.1. The number of fused-ring (bicyclic) bond motifs is 1. The number of methoxy groups -OCH3 is 2. The van der Waals surface area contributed by atoms with E-state index in [2.05, 4.69) is 4.98 Å². The number of halogens is 1. The second-order valence-corrected chi connectivity index (χ2v) is 9.35. The quantitative estimate of drug-likeness (QED) is 0.290. The van der Waals surface area contributed by atoms with Crippen LogP contribution in [0.4, 0.5) is 0 Å². The smallest absolute Gasteiger partial charge is 0.263 e. The first kappa shape index (κ1) is 21.6. The van der Waals surface area contributed by atoms with Crippen molar-refractivity contribution in [2.45, 2.75) is 6.54 Å². The molecule has 166 valence electrons. The maximum absolute atomic E-state index is 13.4. The molecule has 2 aromatic carbocycles. The molecule has 9 heteroatoms. The van der Waals surface area contributed by atoms with Crippen molar-refractivity contribution in [3.8, 4) is 33.2 Å². The van der Waals surface area contributed by atoms with E-state index in [1.54, 1.807) is 25.1 Å². The van der Waals surface area contributed by atoms with Crippen LogP contribution in [0.3, 0.4) is 0 Å². The molecule has 3 aromatic heterocycles. The Morgan fingerprint density at radius 1 is 1.00 bits per heavy atom. The Kier molecular flexibility index (Phi) is 5.88. The molecular weight excluding hydrogens is 478 g/mol. The molecule has 0 N–H and O–H groups in total. The van der Waals surface area contributed by atoms with Crippen LogP contribution in [0, 0.1) is 0 Å². The van der Waals surface area contributed by atoms with Crippen LogP contribution < -0.4 is 15.0 Å². The minimum absolute atomic E-state index is 0.0975. The summed E-state index contributed by atoms with van der Waals surface area (Å²) in [5.74, 6) is 1.27. The molecular formula is C24H18ClN3O3S2. The van der Waals surface area contributed by atoms with Gasteiger partial charge in [-0.05, 0) is 29.8 Å². The van der Waals surface area contributed by atoms with Gasteiger partial charge < -0.3 is 9.47 Å². The molecule has 0 fully saturated rings. The fourth-order valence-corrected chi connectivity index (χ4v) is 5.52. The van der Waals surface area contributed by atoms with Crippen molar-refractivity contribution in [3.05, 3.63) is 80.6 Å². The molecule has 0 spiro atoms. The largest absolute Gasteiger partial charge is 0.493 e. The van der Waals surface area contributed by atoms with Gasteiger partial charge in [0.15, 0.2) is 11.5 Å². The highest BCUT2D eigenvalue weighted by atomic mass is 35.5. The molecule has 0 aliphatic carbocycles. The maximum atomic E-state index is 13.4. The van der Waals surface area contributed by atoms with E-state index in [4.69, 9.17) is 26.1 Å². The van der Waals surface area contributed by atoms with E-state index >= 15 is 0 Å². The third-order valence-electron chi connectivity index (χ3n) is 5.23. The number of para-hydroxylation sites is 1. The standard InChI is InChI=1S/C24H18ClN3O3S2/c1-30-19-5-3-4-17(21(19)31-2)22-27-16(11-32-22)10-28-13-26-23-20(24(28)29)18(12-33-23)14-6-8-15(25)9-7-14/h3-9,11-13H,10H2,1-2H3. The molecule has 0 radical (unpaired) electrons. The van der Waals surface area contributed by atoms with Crippen LogP contribution in [0.5, 0.6) is 11.5 Å². The van der Waals surface area contributed by atoms with Gasteiger partial charge in [-0.15, -0.1) is 22.7 Å². The average molecular weight is 496 g/mol. The molecule has 3 heterocycles. The van der Waals surface area contributed by atoms with E-state index in [1.165, 1.54) is 22.7 Å². The number of aromatic nitrogens is 3. The first-order valence-electron chi connectivity index (χ1n) is 9.97. The van der Waals surface area contributed by atoms with E-state index in [0.717, 1.165) is 27.4 Å². The summed E-state index contributed by atoms with van der Waals surface area (Å²) in [6, 6.07) is 13.1. The lowest BCUT2D eigenvalue weighted by Crippen LogP contribution is -2.21. The highest BCUT2D eigenvalue weighted by molar-refractivity contribution is 7.17. The monoisotopic (exact) mass is 495 g/mol. The molecule has 5 aromatic rings. The summed E-state index contributed by atoms with van der Waals surface area (Å²) in [6.07, 6.45) is 1.58. The molecule has 33 heavy (non-hydrogen) atoms. The molecule has 0 atom stereocenters. The van der Waals surface area contributed by atoms with Gasteiger partial charge in [0.1, 0.15) is 9.84 Å². The van der Waals surface area contributed by atoms with Crippen molar-refractivity contribution in [2.24, 2.45) is 0 Å². The van der Waals surface area contributed by atoms with Crippen LogP contribution in [-0.2, 0) is 6.54 Å². The van der Waals surface area contributed by atoms with E-state index in [0.29, 0.717) is 33.3 Å². The Hall–Kier alpha value is -3.20. The van der Waals surface area contributed by atoms with Crippen LogP contribution in [0.1, 0.15) is 5.69 Å². The number of thiazole rings is 1. The minimum atomic E-state index is -0.0975. The number of benzene rings is 2. The minimum Gasteiger partial charge on any atom is -0.493 e.